The summed E-state index contributed by atoms with van der Waals surface area (Å²) < 4.78 is 0. The van der Waals surface area contributed by atoms with Crippen LogP contribution in [0.1, 0.15) is 23.7 Å². The van der Waals surface area contributed by atoms with E-state index in [0.717, 1.165) is 0 Å². The molecule has 1 aromatic carbocycles. The molecule has 0 heterocycles. The molecular formula is C12H16N2O2. The minimum absolute atomic E-state index is 0.0981. The lowest BCUT2D eigenvalue weighted by Gasteiger charge is -2.14. The summed E-state index contributed by atoms with van der Waals surface area (Å²) in [5.74, 6) is -0.217. The van der Waals surface area contributed by atoms with Crippen LogP contribution in [-0.4, -0.2) is 30.8 Å². The average molecular weight is 220 g/mol. The lowest BCUT2D eigenvalue weighted by Crippen LogP contribution is -2.23. The summed E-state index contributed by atoms with van der Waals surface area (Å²) in [6.07, 6.45) is 0.393. The number of hydrogen-bond acceptors (Lipinski definition) is 2. The van der Waals surface area contributed by atoms with Crippen molar-refractivity contribution in [3.63, 3.8) is 0 Å². The fourth-order valence-electron chi connectivity index (χ4n) is 1.26. The van der Waals surface area contributed by atoms with Crippen molar-refractivity contribution in [3.8, 4) is 0 Å². The van der Waals surface area contributed by atoms with Crippen LogP contribution in [0.5, 0.6) is 0 Å². The van der Waals surface area contributed by atoms with Crippen molar-refractivity contribution in [2.45, 2.75) is 13.3 Å². The van der Waals surface area contributed by atoms with E-state index < -0.39 is 0 Å². The minimum atomic E-state index is -0.119. The highest BCUT2D eigenvalue weighted by molar-refractivity contribution is 6.03. The Labute approximate surface area is 95.3 Å². The first-order valence-corrected chi connectivity index (χ1v) is 5.16. The average Bonchev–Trinajstić information content (AvgIpc) is 2.28. The molecule has 4 heteroatoms. The van der Waals surface area contributed by atoms with Crippen LogP contribution < -0.4 is 5.32 Å². The molecule has 0 fully saturated rings. The Morgan fingerprint density at radius 3 is 2.44 bits per heavy atom. The number of carbonyl (C=O) groups is 2. The molecule has 0 radical (unpaired) electrons. The molecule has 0 aliphatic heterocycles. The van der Waals surface area contributed by atoms with E-state index in [1.807, 2.05) is 0 Å². The van der Waals surface area contributed by atoms with Crippen LogP contribution in [0.4, 0.5) is 5.69 Å². The van der Waals surface area contributed by atoms with Crippen LogP contribution in [0.2, 0.25) is 0 Å². The van der Waals surface area contributed by atoms with Gasteiger partial charge in [-0.1, -0.05) is 19.1 Å². The van der Waals surface area contributed by atoms with Crippen molar-refractivity contribution in [2.24, 2.45) is 0 Å². The molecule has 0 saturated heterocycles. The van der Waals surface area contributed by atoms with Gasteiger partial charge in [0.25, 0.3) is 5.91 Å². The monoisotopic (exact) mass is 220 g/mol. The van der Waals surface area contributed by atoms with Gasteiger partial charge in [0.05, 0.1) is 11.3 Å². The summed E-state index contributed by atoms with van der Waals surface area (Å²) in [6.45, 7) is 1.77. The second kappa shape index (κ2) is 5.30. The zero-order chi connectivity index (χ0) is 12.1. The Morgan fingerprint density at radius 1 is 1.25 bits per heavy atom. The molecule has 0 saturated carbocycles. The minimum Gasteiger partial charge on any atom is -0.345 e. The molecule has 4 nitrogen and oxygen atoms in total. The largest absolute Gasteiger partial charge is 0.345 e. The SMILES string of the molecule is CCC(=O)Nc1ccccc1C(=O)N(C)C. The van der Waals surface area contributed by atoms with Crippen molar-refractivity contribution in [1.29, 1.82) is 0 Å². The lowest BCUT2D eigenvalue weighted by atomic mass is 10.1. The molecule has 16 heavy (non-hydrogen) atoms. The molecule has 0 atom stereocenters. The molecule has 0 aliphatic rings. The quantitative estimate of drug-likeness (QED) is 0.843. The fourth-order valence-corrected chi connectivity index (χ4v) is 1.26. The molecule has 1 aromatic rings. The molecule has 0 aromatic heterocycles. The number of para-hydroxylation sites is 1. The molecule has 1 rings (SSSR count). The van der Waals surface area contributed by atoms with Gasteiger partial charge in [0.15, 0.2) is 0 Å². The normalized spacial score (nSPS) is 9.69. The van der Waals surface area contributed by atoms with Gasteiger partial charge in [0.2, 0.25) is 5.91 Å². The Morgan fingerprint density at radius 2 is 1.88 bits per heavy atom. The van der Waals surface area contributed by atoms with E-state index >= 15 is 0 Å². The van der Waals surface area contributed by atoms with Gasteiger partial charge in [-0.2, -0.15) is 0 Å². The van der Waals surface area contributed by atoms with Gasteiger partial charge in [-0.25, -0.2) is 0 Å². The number of hydrogen-bond donors (Lipinski definition) is 1. The first-order chi connectivity index (χ1) is 7.56. The summed E-state index contributed by atoms with van der Waals surface area (Å²) in [6, 6.07) is 6.99. The summed E-state index contributed by atoms with van der Waals surface area (Å²) in [4.78, 5) is 24.6. The van der Waals surface area contributed by atoms with Crippen LogP contribution in [0.15, 0.2) is 24.3 Å². The van der Waals surface area contributed by atoms with E-state index in [-0.39, 0.29) is 11.8 Å². The van der Waals surface area contributed by atoms with E-state index in [9.17, 15) is 9.59 Å². The molecule has 2 amide bonds. The summed E-state index contributed by atoms with van der Waals surface area (Å²) >= 11 is 0. The van der Waals surface area contributed by atoms with E-state index in [0.29, 0.717) is 17.7 Å². The van der Waals surface area contributed by atoms with Crippen LogP contribution in [-0.2, 0) is 4.79 Å². The van der Waals surface area contributed by atoms with Crippen LogP contribution in [0.3, 0.4) is 0 Å². The third-order valence-corrected chi connectivity index (χ3v) is 2.16. The Balaban J connectivity index is 3.00. The van der Waals surface area contributed by atoms with Crippen molar-refractivity contribution in [1.82, 2.24) is 4.90 Å². The van der Waals surface area contributed by atoms with Crippen molar-refractivity contribution in [3.05, 3.63) is 29.8 Å². The first-order valence-electron chi connectivity index (χ1n) is 5.16. The second-order valence-corrected chi connectivity index (χ2v) is 3.65. The van der Waals surface area contributed by atoms with Crippen molar-refractivity contribution < 1.29 is 9.59 Å². The predicted molar refractivity (Wildman–Crippen MR) is 63.4 cm³/mol. The molecule has 86 valence electrons. The Kier molecular flexibility index (Phi) is 4.05. The Bertz CT molecular complexity index is 400. The zero-order valence-electron chi connectivity index (χ0n) is 9.78. The number of benzene rings is 1. The third kappa shape index (κ3) is 2.82. The van der Waals surface area contributed by atoms with Gasteiger partial charge in [-0.3, -0.25) is 9.59 Å². The summed E-state index contributed by atoms with van der Waals surface area (Å²) in [7, 11) is 3.36. The number of nitrogens with zero attached hydrogens (tertiary/aromatic N) is 1. The maximum atomic E-state index is 11.8. The van der Waals surface area contributed by atoms with Gasteiger partial charge >= 0.3 is 0 Å². The molecule has 1 N–H and O–H groups in total. The molecule has 0 spiro atoms. The van der Waals surface area contributed by atoms with Crippen LogP contribution >= 0.6 is 0 Å². The third-order valence-electron chi connectivity index (χ3n) is 2.16. The van der Waals surface area contributed by atoms with Crippen LogP contribution in [0.25, 0.3) is 0 Å². The van der Waals surface area contributed by atoms with Crippen LogP contribution in [0, 0.1) is 0 Å². The highest BCUT2D eigenvalue weighted by Crippen LogP contribution is 2.16. The van der Waals surface area contributed by atoms with E-state index in [2.05, 4.69) is 5.32 Å². The topological polar surface area (TPSA) is 49.4 Å². The van der Waals surface area contributed by atoms with Gasteiger partial charge in [0.1, 0.15) is 0 Å². The number of rotatable bonds is 3. The number of amides is 2. The summed E-state index contributed by atoms with van der Waals surface area (Å²) in [5.41, 5.74) is 1.07. The van der Waals surface area contributed by atoms with Gasteiger partial charge in [-0.05, 0) is 12.1 Å². The van der Waals surface area contributed by atoms with E-state index in [4.69, 9.17) is 0 Å². The van der Waals surface area contributed by atoms with Crippen molar-refractivity contribution >= 4 is 17.5 Å². The summed E-state index contributed by atoms with van der Waals surface area (Å²) in [5, 5.41) is 2.71. The Hall–Kier alpha value is -1.84. The second-order valence-electron chi connectivity index (χ2n) is 3.65. The smallest absolute Gasteiger partial charge is 0.255 e. The standard InChI is InChI=1S/C12H16N2O2/c1-4-11(15)13-10-8-6-5-7-9(10)12(16)14(2)3/h5-8H,4H2,1-3H3,(H,13,15). The lowest BCUT2D eigenvalue weighted by molar-refractivity contribution is -0.115. The maximum Gasteiger partial charge on any atom is 0.255 e. The molecule has 0 unspecified atom stereocenters. The molecule has 0 bridgehead atoms. The maximum absolute atomic E-state index is 11.8. The first kappa shape index (κ1) is 12.2. The van der Waals surface area contributed by atoms with E-state index in [1.54, 1.807) is 45.3 Å². The highest BCUT2D eigenvalue weighted by Gasteiger charge is 2.13. The van der Waals surface area contributed by atoms with Gasteiger partial charge in [0, 0.05) is 20.5 Å². The van der Waals surface area contributed by atoms with Crippen molar-refractivity contribution in [2.75, 3.05) is 19.4 Å². The predicted octanol–water partition coefficient (Wildman–Crippen LogP) is 1.74. The molecule has 0 aliphatic carbocycles. The van der Waals surface area contributed by atoms with Gasteiger partial charge in [-0.15, -0.1) is 0 Å². The van der Waals surface area contributed by atoms with E-state index in [1.165, 1.54) is 4.90 Å². The highest BCUT2D eigenvalue weighted by atomic mass is 16.2. The number of carbonyl (C=O) groups excluding carboxylic acids is 2. The number of nitrogens with one attached hydrogen (secondary N) is 1. The molecular weight excluding hydrogens is 204 g/mol. The fraction of sp³-hybridized carbons (Fsp3) is 0.333. The zero-order valence-corrected chi connectivity index (χ0v) is 9.78. The van der Waals surface area contributed by atoms with Gasteiger partial charge < -0.3 is 10.2 Å². The number of anilines is 1.